The van der Waals surface area contributed by atoms with Gasteiger partial charge >= 0.3 is 0 Å². The third kappa shape index (κ3) is 5.85. The molecule has 0 heterocycles. The summed E-state index contributed by atoms with van der Waals surface area (Å²) in [5.41, 5.74) is 0.177. The molecule has 0 saturated heterocycles. The predicted molar refractivity (Wildman–Crippen MR) is 95.1 cm³/mol. The van der Waals surface area contributed by atoms with Gasteiger partial charge in [0, 0.05) is 10.9 Å². The minimum Gasteiger partial charge on any atom is -0.494 e. The summed E-state index contributed by atoms with van der Waals surface area (Å²) < 4.78 is 25.2. The average molecular weight is 396 g/mol. The summed E-state index contributed by atoms with van der Waals surface area (Å²) in [6.45, 7) is 2.95. The first kappa shape index (κ1) is 18.3. The van der Waals surface area contributed by atoms with Crippen LogP contribution in [-0.4, -0.2) is 19.1 Å². The van der Waals surface area contributed by atoms with Gasteiger partial charge in [-0.3, -0.25) is 4.79 Å². The van der Waals surface area contributed by atoms with Gasteiger partial charge in [0.2, 0.25) is 5.91 Å². The Morgan fingerprint density at radius 3 is 2.42 bits per heavy atom. The normalized spacial score (nSPS) is 10.3. The molecule has 1 N–H and O–H groups in total. The maximum atomic E-state index is 13.6. The first-order valence-electron chi connectivity index (χ1n) is 7.69. The fourth-order valence-corrected chi connectivity index (χ4v) is 2.36. The fraction of sp³-hybridized carbons (Fsp3) is 0.278. The second-order valence-corrected chi connectivity index (χ2v) is 5.94. The third-order valence-corrected chi connectivity index (χ3v) is 3.65. The number of carbonyl (C=O) groups is 1. The number of carbonyl (C=O) groups excluding carboxylic acids is 1. The Hall–Kier alpha value is -2.08. The Balaban J connectivity index is 1.70. The lowest BCUT2D eigenvalue weighted by atomic mass is 10.2. The topological polar surface area (TPSA) is 47.6 Å². The van der Waals surface area contributed by atoms with Crippen molar-refractivity contribution in [2.24, 2.45) is 0 Å². The minimum atomic E-state index is -0.469. The molecule has 128 valence electrons. The zero-order chi connectivity index (χ0) is 17.4. The largest absolute Gasteiger partial charge is 0.494 e. The van der Waals surface area contributed by atoms with Crippen LogP contribution in [0.25, 0.3) is 0 Å². The van der Waals surface area contributed by atoms with Crippen LogP contribution in [0.3, 0.4) is 0 Å². The number of hydrogen-bond acceptors (Lipinski definition) is 3. The van der Waals surface area contributed by atoms with Crippen LogP contribution in [0.2, 0.25) is 0 Å². The van der Waals surface area contributed by atoms with Crippen LogP contribution in [0.15, 0.2) is 46.9 Å². The maximum absolute atomic E-state index is 13.6. The Morgan fingerprint density at radius 1 is 1.12 bits per heavy atom. The molecule has 0 aromatic heterocycles. The molecule has 2 rings (SSSR count). The minimum absolute atomic E-state index is 0.177. The van der Waals surface area contributed by atoms with Crippen molar-refractivity contribution in [3.05, 3.63) is 52.8 Å². The van der Waals surface area contributed by atoms with Gasteiger partial charge in [-0.1, -0.05) is 15.9 Å². The fourth-order valence-electron chi connectivity index (χ4n) is 2.03. The van der Waals surface area contributed by atoms with Gasteiger partial charge in [0.15, 0.2) is 0 Å². The summed E-state index contributed by atoms with van der Waals surface area (Å²) >= 11 is 3.17. The van der Waals surface area contributed by atoms with Crippen molar-refractivity contribution in [3.8, 4) is 11.5 Å². The molecule has 0 bridgehead atoms. The lowest BCUT2D eigenvalue weighted by molar-refractivity contribution is -0.116. The second kappa shape index (κ2) is 9.27. The SMILES string of the molecule is CCOc1ccc(OCCCC(=O)Nc2ccc(Br)cc2F)cc1. The van der Waals surface area contributed by atoms with E-state index in [2.05, 4.69) is 21.2 Å². The van der Waals surface area contributed by atoms with Gasteiger partial charge in [-0.05, 0) is 55.8 Å². The lowest BCUT2D eigenvalue weighted by Crippen LogP contribution is -2.13. The Bertz CT molecular complexity index is 676. The van der Waals surface area contributed by atoms with E-state index in [0.29, 0.717) is 24.1 Å². The highest BCUT2D eigenvalue weighted by atomic mass is 79.9. The molecule has 0 unspecified atom stereocenters. The summed E-state index contributed by atoms with van der Waals surface area (Å²) in [7, 11) is 0. The number of ether oxygens (including phenoxy) is 2. The summed E-state index contributed by atoms with van der Waals surface area (Å²) in [6, 6.07) is 11.8. The summed E-state index contributed by atoms with van der Waals surface area (Å²) in [6.07, 6.45) is 0.795. The van der Waals surface area contributed by atoms with Crippen LogP contribution in [0.1, 0.15) is 19.8 Å². The number of halogens is 2. The quantitative estimate of drug-likeness (QED) is 0.653. The Morgan fingerprint density at radius 2 is 1.79 bits per heavy atom. The summed E-state index contributed by atoms with van der Waals surface area (Å²) in [4.78, 5) is 11.8. The van der Waals surface area contributed by atoms with E-state index < -0.39 is 5.82 Å². The van der Waals surface area contributed by atoms with Crippen molar-refractivity contribution in [1.82, 2.24) is 0 Å². The first-order valence-corrected chi connectivity index (χ1v) is 8.48. The number of nitrogens with one attached hydrogen (secondary N) is 1. The summed E-state index contributed by atoms with van der Waals surface area (Å²) in [5.74, 6) is 0.799. The van der Waals surface area contributed by atoms with E-state index in [1.807, 2.05) is 31.2 Å². The van der Waals surface area contributed by atoms with E-state index in [9.17, 15) is 9.18 Å². The number of hydrogen-bond donors (Lipinski definition) is 1. The van der Waals surface area contributed by atoms with Gasteiger partial charge in [0.1, 0.15) is 17.3 Å². The zero-order valence-corrected chi connectivity index (χ0v) is 14.9. The van der Waals surface area contributed by atoms with Crippen molar-refractivity contribution in [2.45, 2.75) is 19.8 Å². The number of amides is 1. The molecular weight excluding hydrogens is 377 g/mol. The Kier molecular flexibility index (Phi) is 7.06. The van der Waals surface area contributed by atoms with Gasteiger partial charge in [0.05, 0.1) is 18.9 Å². The molecule has 0 saturated carbocycles. The van der Waals surface area contributed by atoms with Crippen LogP contribution in [0, 0.1) is 5.82 Å². The molecule has 1 amide bonds. The van der Waals surface area contributed by atoms with E-state index in [0.717, 1.165) is 11.5 Å². The molecular formula is C18H19BrFNO3. The van der Waals surface area contributed by atoms with Crippen LogP contribution in [0.4, 0.5) is 10.1 Å². The number of rotatable bonds is 8. The molecule has 2 aromatic carbocycles. The predicted octanol–water partition coefficient (Wildman–Crippen LogP) is 4.78. The van der Waals surface area contributed by atoms with E-state index in [1.54, 1.807) is 6.07 Å². The molecule has 0 aliphatic carbocycles. The zero-order valence-electron chi connectivity index (χ0n) is 13.4. The number of benzene rings is 2. The van der Waals surface area contributed by atoms with Gasteiger partial charge in [0.25, 0.3) is 0 Å². The molecule has 0 spiro atoms. The van der Waals surface area contributed by atoms with Crippen molar-refractivity contribution in [1.29, 1.82) is 0 Å². The first-order chi connectivity index (χ1) is 11.6. The third-order valence-electron chi connectivity index (χ3n) is 3.16. The monoisotopic (exact) mass is 395 g/mol. The highest BCUT2D eigenvalue weighted by Gasteiger charge is 2.07. The van der Waals surface area contributed by atoms with Crippen molar-refractivity contribution >= 4 is 27.5 Å². The van der Waals surface area contributed by atoms with Gasteiger partial charge in [-0.25, -0.2) is 4.39 Å². The van der Waals surface area contributed by atoms with Gasteiger partial charge in [-0.15, -0.1) is 0 Å². The van der Waals surface area contributed by atoms with Crippen molar-refractivity contribution in [3.63, 3.8) is 0 Å². The molecule has 4 nitrogen and oxygen atoms in total. The van der Waals surface area contributed by atoms with Crippen LogP contribution in [0.5, 0.6) is 11.5 Å². The lowest BCUT2D eigenvalue weighted by Gasteiger charge is -2.09. The standard InChI is InChI=1S/C18H19BrFNO3/c1-2-23-14-6-8-15(9-7-14)24-11-3-4-18(22)21-17-10-5-13(19)12-16(17)20/h5-10,12H,2-4,11H2,1H3,(H,21,22). The van der Waals surface area contributed by atoms with Gasteiger partial charge in [-0.2, -0.15) is 0 Å². The highest BCUT2D eigenvalue weighted by molar-refractivity contribution is 9.10. The maximum Gasteiger partial charge on any atom is 0.224 e. The van der Waals surface area contributed by atoms with E-state index >= 15 is 0 Å². The van der Waals surface area contributed by atoms with Crippen LogP contribution < -0.4 is 14.8 Å². The molecule has 2 aromatic rings. The molecule has 0 atom stereocenters. The highest BCUT2D eigenvalue weighted by Crippen LogP contribution is 2.20. The van der Waals surface area contributed by atoms with Crippen LogP contribution >= 0.6 is 15.9 Å². The molecule has 6 heteroatoms. The average Bonchev–Trinajstić information content (AvgIpc) is 2.56. The van der Waals surface area contributed by atoms with Crippen molar-refractivity contribution in [2.75, 3.05) is 18.5 Å². The van der Waals surface area contributed by atoms with E-state index in [-0.39, 0.29) is 18.0 Å². The molecule has 0 aliphatic rings. The molecule has 24 heavy (non-hydrogen) atoms. The van der Waals surface area contributed by atoms with E-state index in [1.165, 1.54) is 12.1 Å². The van der Waals surface area contributed by atoms with Crippen molar-refractivity contribution < 1.29 is 18.7 Å². The molecule has 0 fully saturated rings. The molecule has 0 aliphatic heterocycles. The van der Waals surface area contributed by atoms with E-state index in [4.69, 9.17) is 9.47 Å². The van der Waals surface area contributed by atoms with Crippen LogP contribution in [-0.2, 0) is 4.79 Å². The molecule has 0 radical (unpaired) electrons. The Labute approximate surface area is 149 Å². The number of anilines is 1. The smallest absolute Gasteiger partial charge is 0.224 e. The van der Waals surface area contributed by atoms with Gasteiger partial charge < -0.3 is 14.8 Å². The second-order valence-electron chi connectivity index (χ2n) is 5.03. The summed E-state index contributed by atoms with van der Waals surface area (Å²) in [5, 5.41) is 2.55.